The highest BCUT2D eigenvalue weighted by Gasteiger charge is 2.27. The third kappa shape index (κ3) is 3.56. The summed E-state index contributed by atoms with van der Waals surface area (Å²) in [4.78, 5) is 13.6. The van der Waals surface area contributed by atoms with Gasteiger partial charge in [0.15, 0.2) is 9.84 Å². The average Bonchev–Trinajstić information content (AvgIpc) is 2.73. The fraction of sp³-hybridized carbons (Fsp3) is 0.533. The van der Waals surface area contributed by atoms with Crippen molar-refractivity contribution in [2.45, 2.75) is 43.5 Å². The molecule has 0 amide bonds. The van der Waals surface area contributed by atoms with Gasteiger partial charge in [0.2, 0.25) is 0 Å². The minimum absolute atomic E-state index is 0.0633. The predicted octanol–water partition coefficient (Wildman–Crippen LogP) is 2.31. The topological polar surface area (TPSA) is 74.7 Å². The van der Waals surface area contributed by atoms with Gasteiger partial charge in [-0.15, -0.1) is 0 Å². The molecule has 6 heteroatoms. The molecule has 1 fully saturated rings. The number of anilines is 1. The van der Waals surface area contributed by atoms with E-state index in [0.29, 0.717) is 13.0 Å². The quantitative estimate of drug-likeness (QED) is 0.923. The number of hydrogen-bond acceptors (Lipinski definition) is 4. The van der Waals surface area contributed by atoms with Crippen molar-refractivity contribution >= 4 is 21.5 Å². The van der Waals surface area contributed by atoms with Gasteiger partial charge in [-0.2, -0.15) is 0 Å². The molecule has 5 nitrogen and oxygen atoms in total. The maximum Gasteiger partial charge on any atom is 0.326 e. The highest BCUT2D eigenvalue weighted by atomic mass is 32.2. The fourth-order valence-electron chi connectivity index (χ4n) is 2.69. The Balaban J connectivity index is 2.29. The van der Waals surface area contributed by atoms with Crippen LogP contribution in [0.3, 0.4) is 0 Å². The maximum atomic E-state index is 11.8. The Morgan fingerprint density at radius 1 is 1.24 bits per heavy atom. The van der Waals surface area contributed by atoms with Gasteiger partial charge < -0.3 is 10.0 Å². The maximum absolute atomic E-state index is 11.8. The van der Waals surface area contributed by atoms with Gasteiger partial charge in [-0.1, -0.05) is 19.8 Å². The Morgan fingerprint density at radius 3 is 2.48 bits per heavy atom. The molecule has 1 aromatic rings. The normalized spacial score (nSPS) is 20.0. The molecular weight excluding hydrogens is 290 g/mol. The molecule has 1 N–H and O–H groups in total. The van der Waals surface area contributed by atoms with Crippen LogP contribution in [0.25, 0.3) is 0 Å². The van der Waals surface area contributed by atoms with Crippen molar-refractivity contribution in [2.75, 3.05) is 17.2 Å². The van der Waals surface area contributed by atoms with Crippen LogP contribution < -0.4 is 4.90 Å². The summed E-state index contributed by atoms with van der Waals surface area (Å²) in [5.41, 5.74) is 0.777. The molecule has 116 valence electrons. The Bertz CT molecular complexity index is 595. The molecule has 0 bridgehead atoms. The number of rotatable bonds is 4. The molecule has 1 atom stereocenters. The lowest BCUT2D eigenvalue weighted by atomic mass is 10.1. The first kappa shape index (κ1) is 15.8. The second-order valence-corrected chi connectivity index (χ2v) is 7.57. The van der Waals surface area contributed by atoms with Crippen molar-refractivity contribution in [2.24, 2.45) is 0 Å². The zero-order valence-electron chi connectivity index (χ0n) is 12.2. The Morgan fingerprint density at radius 2 is 1.90 bits per heavy atom. The van der Waals surface area contributed by atoms with Crippen LogP contribution in [0.5, 0.6) is 0 Å². The number of carboxylic acids is 1. The van der Waals surface area contributed by atoms with Gasteiger partial charge in [0, 0.05) is 12.2 Å². The highest BCUT2D eigenvalue weighted by molar-refractivity contribution is 7.91. The summed E-state index contributed by atoms with van der Waals surface area (Å²) in [6.07, 6.45) is 3.53. The van der Waals surface area contributed by atoms with E-state index >= 15 is 0 Å². The zero-order valence-corrected chi connectivity index (χ0v) is 13.0. The number of benzene rings is 1. The lowest BCUT2D eigenvalue weighted by molar-refractivity contribution is -0.138. The summed E-state index contributed by atoms with van der Waals surface area (Å²) < 4.78 is 23.6. The van der Waals surface area contributed by atoms with Crippen LogP contribution in [0.1, 0.15) is 32.6 Å². The molecule has 0 radical (unpaired) electrons. The number of sulfone groups is 1. The number of nitrogens with zero attached hydrogens (tertiary/aromatic N) is 1. The van der Waals surface area contributed by atoms with Gasteiger partial charge in [0.1, 0.15) is 6.04 Å². The van der Waals surface area contributed by atoms with Gasteiger partial charge in [-0.25, -0.2) is 13.2 Å². The van der Waals surface area contributed by atoms with Crippen LogP contribution >= 0.6 is 0 Å². The SMILES string of the molecule is CCS(=O)(=O)c1ccc(N2CCCCCC2C(=O)O)cc1. The minimum Gasteiger partial charge on any atom is -0.480 e. The Hall–Kier alpha value is -1.56. The molecule has 2 rings (SSSR count). The second-order valence-electron chi connectivity index (χ2n) is 5.29. The van der Waals surface area contributed by atoms with E-state index in [1.54, 1.807) is 31.2 Å². The van der Waals surface area contributed by atoms with E-state index in [9.17, 15) is 18.3 Å². The number of carbonyl (C=O) groups is 1. The van der Waals surface area contributed by atoms with Crippen molar-refractivity contribution < 1.29 is 18.3 Å². The third-order valence-electron chi connectivity index (χ3n) is 3.95. The van der Waals surface area contributed by atoms with Crippen molar-refractivity contribution in [1.29, 1.82) is 0 Å². The smallest absolute Gasteiger partial charge is 0.326 e. The van der Waals surface area contributed by atoms with E-state index < -0.39 is 21.8 Å². The molecule has 0 saturated carbocycles. The van der Waals surface area contributed by atoms with Crippen LogP contribution in [0, 0.1) is 0 Å². The van der Waals surface area contributed by atoms with E-state index in [1.807, 2.05) is 4.90 Å². The van der Waals surface area contributed by atoms with Crippen LogP contribution in [0.2, 0.25) is 0 Å². The summed E-state index contributed by atoms with van der Waals surface area (Å²) in [6, 6.07) is 6.03. The molecular formula is C15H21NO4S. The summed E-state index contributed by atoms with van der Waals surface area (Å²) in [5.74, 6) is -0.754. The van der Waals surface area contributed by atoms with Crippen molar-refractivity contribution in [3.05, 3.63) is 24.3 Å². The highest BCUT2D eigenvalue weighted by Crippen LogP contribution is 2.26. The van der Waals surface area contributed by atoms with Crippen LogP contribution in [0.15, 0.2) is 29.2 Å². The summed E-state index contributed by atoms with van der Waals surface area (Å²) in [7, 11) is -3.22. The molecule has 1 aromatic carbocycles. The van der Waals surface area contributed by atoms with E-state index in [1.165, 1.54) is 0 Å². The molecule has 1 aliphatic rings. The van der Waals surface area contributed by atoms with Crippen LogP contribution in [-0.4, -0.2) is 37.8 Å². The minimum atomic E-state index is -3.22. The molecule has 1 aliphatic heterocycles. The lowest BCUT2D eigenvalue weighted by Gasteiger charge is -2.29. The van der Waals surface area contributed by atoms with Crippen molar-refractivity contribution in [3.8, 4) is 0 Å². The van der Waals surface area contributed by atoms with Crippen LogP contribution in [0.4, 0.5) is 5.69 Å². The van der Waals surface area contributed by atoms with Crippen molar-refractivity contribution in [1.82, 2.24) is 0 Å². The molecule has 1 unspecified atom stereocenters. The molecule has 0 spiro atoms. The zero-order chi connectivity index (χ0) is 15.5. The summed E-state index contributed by atoms with van der Waals surface area (Å²) in [6.45, 7) is 2.30. The Kier molecular flexibility index (Phi) is 4.88. The first-order valence-corrected chi connectivity index (χ1v) is 8.93. The monoisotopic (exact) mass is 311 g/mol. The molecule has 1 saturated heterocycles. The number of carboxylic acid groups (broad SMARTS) is 1. The molecule has 0 aliphatic carbocycles. The average molecular weight is 311 g/mol. The van der Waals surface area contributed by atoms with Gasteiger partial charge in [-0.3, -0.25) is 0 Å². The molecule has 0 aromatic heterocycles. The van der Waals surface area contributed by atoms with E-state index in [4.69, 9.17) is 0 Å². The predicted molar refractivity (Wildman–Crippen MR) is 81.4 cm³/mol. The van der Waals surface area contributed by atoms with Gasteiger partial charge in [-0.05, 0) is 37.1 Å². The largest absolute Gasteiger partial charge is 0.480 e. The first-order chi connectivity index (χ1) is 9.95. The van der Waals surface area contributed by atoms with Crippen LogP contribution in [-0.2, 0) is 14.6 Å². The third-order valence-corrected chi connectivity index (χ3v) is 5.70. The van der Waals surface area contributed by atoms with Gasteiger partial charge in [0.05, 0.1) is 10.6 Å². The van der Waals surface area contributed by atoms with Gasteiger partial charge >= 0.3 is 5.97 Å². The second kappa shape index (κ2) is 6.47. The van der Waals surface area contributed by atoms with E-state index in [-0.39, 0.29) is 10.6 Å². The van der Waals surface area contributed by atoms with Gasteiger partial charge in [0.25, 0.3) is 0 Å². The molecule has 1 heterocycles. The number of aliphatic carboxylic acids is 1. The molecule has 21 heavy (non-hydrogen) atoms. The van der Waals surface area contributed by atoms with Crippen molar-refractivity contribution in [3.63, 3.8) is 0 Å². The van der Waals surface area contributed by atoms with E-state index in [0.717, 1.165) is 24.9 Å². The van der Waals surface area contributed by atoms with E-state index in [2.05, 4.69) is 0 Å². The summed E-state index contributed by atoms with van der Waals surface area (Å²) in [5, 5.41) is 9.38. The first-order valence-electron chi connectivity index (χ1n) is 7.28. The Labute approximate surface area is 125 Å². The summed E-state index contributed by atoms with van der Waals surface area (Å²) >= 11 is 0. The lowest BCUT2D eigenvalue weighted by Crippen LogP contribution is -2.40. The standard InChI is InChI=1S/C15H21NO4S/c1-2-21(19,20)13-9-7-12(8-10-13)16-11-5-3-4-6-14(16)15(17)18/h7-10,14H,2-6,11H2,1H3,(H,17,18). The number of hydrogen-bond donors (Lipinski definition) is 1. The fourth-order valence-corrected chi connectivity index (χ4v) is 3.57.